The normalized spacial score (nSPS) is 22.7. The summed E-state index contributed by atoms with van der Waals surface area (Å²) in [4.78, 5) is 26.1. The van der Waals surface area contributed by atoms with E-state index in [2.05, 4.69) is 30.3 Å². The molecule has 2 rings (SSSR count). The van der Waals surface area contributed by atoms with E-state index in [-0.39, 0.29) is 11.3 Å². The summed E-state index contributed by atoms with van der Waals surface area (Å²) in [5.74, 6) is -0.782. The third-order valence-electron chi connectivity index (χ3n) is 6.10. The molecule has 2 N–H and O–H groups in total. The molecule has 1 amide bonds. The van der Waals surface area contributed by atoms with Crippen LogP contribution in [-0.4, -0.2) is 48.2 Å². The monoisotopic (exact) mass is 390 g/mol. The van der Waals surface area contributed by atoms with Gasteiger partial charge >= 0.3 is 12.1 Å². The van der Waals surface area contributed by atoms with Gasteiger partial charge in [-0.3, -0.25) is 0 Å². The van der Waals surface area contributed by atoms with Crippen molar-refractivity contribution in [1.29, 1.82) is 0 Å². The molecule has 156 valence electrons. The summed E-state index contributed by atoms with van der Waals surface area (Å²) in [7, 11) is 2.16. The van der Waals surface area contributed by atoms with E-state index in [1.807, 2.05) is 19.1 Å². The van der Waals surface area contributed by atoms with Gasteiger partial charge in [-0.05, 0) is 56.5 Å². The summed E-state index contributed by atoms with van der Waals surface area (Å²) in [5.41, 5.74) is 1.22. The molecule has 1 aromatic carbocycles. The summed E-state index contributed by atoms with van der Waals surface area (Å²) in [5, 5.41) is 11.8. The summed E-state index contributed by atoms with van der Waals surface area (Å²) < 4.78 is 5.44. The molecular formula is C22H34N2O4. The fourth-order valence-electron chi connectivity index (χ4n) is 4.08. The van der Waals surface area contributed by atoms with Crippen molar-refractivity contribution in [3.8, 4) is 5.75 Å². The van der Waals surface area contributed by atoms with Crippen LogP contribution < -0.4 is 10.1 Å². The lowest BCUT2D eigenvalue weighted by Crippen LogP contribution is -2.46. The largest absolute Gasteiger partial charge is 0.480 e. The molecule has 1 heterocycles. The Bertz CT molecular complexity index is 678. The van der Waals surface area contributed by atoms with Crippen molar-refractivity contribution in [2.75, 3.05) is 20.1 Å². The van der Waals surface area contributed by atoms with Crippen LogP contribution in [0.5, 0.6) is 5.75 Å². The lowest BCUT2D eigenvalue weighted by atomic mass is 9.74. The van der Waals surface area contributed by atoms with Crippen molar-refractivity contribution in [2.24, 2.45) is 5.92 Å². The molecule has 0 saturated carbocycles. The van der Waals surface area contributed by atoms with Gasteiger partial charge in [0, 0.05) is 12.0 Å². The molecular weight excluding hydrogens is 356 g/mol. The minimum atomic E-state index is -1.05. The number of aliphatic carboxylic acids is 1. The number of hydrogen-bond acceptors (Lipinski definition) is 4. The van der Waals surface area contributed by atoms with E-state index < -0.39 is 18.1 Å². The molecule has 1 aliphatic rings. The van der Waals surface area contributed by atoms with Crippen LogP contribution in [0.25, 0.3) is 0 Å². The van der Waals surface area contributed by atoms with E-state index in [1.165, 1.54) is 18.4 Å². The topological polar surface area (TPSA) is 78.9 Å². The molecule has 6 heteroatoms. The van der Waals surface area contributed by atoms with E-state index in [9.17, 15) is 14.7 Å². The Morgan fingerprint density at radius 3 is 2.71 bits per heavy atom. The SMILES string of the molecule is CC[C@@H](C)[C@@H](NC(=O)Oc1cccc(C2(CC)CCCCN(C)C2)c1)C(=O)O. The van der Waals surface area contributed by atoms with Crippen LogP contribution in [0.3, 0.4) is 0 Å². The van der Waals surface area contributed by atoms with Crippen molar-refractivity contribution in [3.05, 3.63) is 29.8 Å². The Kier molecular flexibility index (Phi) is 7.87. The molecule has 6 nitrogen and oxygen atoms in total. The second kappa shape index (κ2) is 9.92. The highest BCUT2D eigenvalue weighted by molar-refractivity contribution is 5.81. The first-order valence-electron chi connectivity index (χ1n) is 10.3. The Morgan fingerprint density at radius 2 is 2.07 bits per heavy atom. The first-order valence-corrected chi connectivity index (χ1v) is 10.3. The van der Waals surface area contributed by atoms with Crippen molar-refractivity contribution in [1.82, 2.24) is 10.2 Å². The van der Waals surface area contributed by atoms with Crippen LogP contribution in [0.1, 0.15) is 58.4 Å². The zero-order chi connectivity index (χ0) is 20.7. The van der Waals surface area contributed by atoms with Crippen molar-refractivity contribution in [3.63, 3.8) is 0 Å². The van der Waals surface area contributed by atoms with Crippen molar-refractivity contribution in [2.45, 2.75) is 64.3 Å². The van der Waals surface area contributed by atoms with Gasteiger partial charge in [0.05, 0.1) is 0 Å². The Morgan fingerprint density at radius 1 is 1.32 bits per heavy atom. The van der Waals surface area contributed by atoms with Gasteiger partial charge in [0.2, 0.25) is 0 Å². The van der Waals surface area contributed by atoms with Crippen molar-refractivity contribution >= 4 is 12.1 Å². The fraction of sp³-hybridized carbons (Fsp3) is 0.636. The molecule has 3 atom stereocenters. The predicted octanol–water partition coefficient (Wildman–Crippen LogP) is 4.04. The number of hydrogen-bond donors (Lipinski definition) is 2. The predicted molar refractivity (Wildman–Crippen MR) is 110 cm³/mol. The number of amides is 1. The fourth-order valence-corrected chi connectivity index (χ4v) is 4.08. The minimum Gasteiger partial charge on any atom is -0.480 e. The average molecular weight is 391 g/mol. The first-order chi connectivity index (χ1) is 13.3. The quantitative estimate of drug-likeness (QED) is 0.735. The molecule has 0 aliphatic carbocycles. The summed E-state index contributed by atoms with van der Waals surface area (Å²) in [6.45, 7) is 7.99. The van der Waals surface area contributed by atoms with E-state index in [0.717, 1.165) is 25.9 Å². The lowest BCUT2D eigenvalue weighted by Gasteiger charge is -2.35. The highest BCUT2D eigenvalue weighted by atomic mass is 16.6. The second-order valence-corrected chi connectivity index (χ2v) is 8.09. The minimum absolute atomic E-state index is 0.0431. The van der Waals surface area contributed by atoms with Crippen LogP contribution >= 0.6 is 0 Å². The number of nitrogens with zero attached hydrogens (tertiary/aromatic N) is 1. The van der Waals surface area contributed by atoms with Gasteiger partial charge in [-0.2, -0.15) is 0 Å². The smallest absolute Gasteiger partial charge is 0.413 e. The molecule has 1 saturated heterocycles. The molecule has 1 aromatic rings. The van der Waals surface area contributed by atoms with Gasteiger partial charge in [0.1, 0.15) is 11.8 Å². The van der Waals surface area contributed by atoms with Crippen LogP contribution in [-0.2, 0) is 10.2 Å². The van der Waals surface area contributed by atoms with Crippen LogP contribution in [0.2, 0.25) is 0 Å². The maximum atomic E-state index is 12.3. The summed E-state index contributed by atoms with van der Waals surface area (Å²) in [6, 6.07) is 6.72. The van der Waals surface area contributed by atoms with Crippen LogP contribution in [0.15, 0.2) is 24.3 Å². The van der Waals surface area contributed by atoms with Crippen molar-refractivity contribution < 1.29 is 19.4 Å². The van der Waals surface area contributed by atoms with Crippen LogP contribution in [0.4, 0.5) is 4.79 Å². The lowest BCUT2D eigenvalue weighted by molar-refractivity contribution is -0.140. The van der Waals surface area contributed by atoms with E-state index in [0.29, 0.717) is 12.2 Å². The third-order valence-corrected chi connectivity index (χ3v) is 6.10. The number of carboxylic acid groups (broad SMARTS) is 1. The number of nitrogens with one attached hydrogen (secondary N) is 1. The van der Waals surface area contributed by atoms with Crippen LogP contribution in [0, 0.1) is 5.92 Å². The molecule has 0 aromatic heterocycles. The number of carbonyl (C=O) groups excluding carboxylic acids is 1. The molecule has 0 bridgehead atoms. The average Bonchev–Trinajstić information content (AvgIpc) is 2.87. The zero-order valence-electron chi connectivity index (χ0n) is 17.5. The standard InChI is InChI=1S/C22H34N2O4/c1-5-16(3)19(20(25)26)23-21(27)28-18-11-9-10-17(14-18)22(6-2)12-7-8-13-24(4)15-22/h9-11,14,16,19H,5-8,12-13,15H2,1-4H3,(H,23,27)(H,25,26)/t16-,19-,22?/m1/s1. The first kappa shape index (κ1) is 22.2. The Balaban J connectivity index is 2.15. The molecule has 0 spiro atoms. The molecule has 1 unspecified atom stereocenters. The number of ether oxygens (including phenoxy) is 1. The third kappa shape index (κ3) is 5.47. The van der Waals surface area contributed by atoms with Gasteiger partial charge in [-0.1, -0.05) is 45.7 Å². The van der Waals surface area contributed by atoms with E-state index in [4.69, 9.17) is 4.74 Å². The van der Waals surface area contributed by atoms with E-state index in [1.54, 1.807) is 13.0 Å². The summed E-state index contributed by atoms with van der Waals surface area (Å²) in [6.07, 6.45) is 4.43. The highest BCUT2D eigenvalue weighted by Crippen LogP contribution is 2.37. The molecule has 28 heavy (non-hydrogen) atoms. The maximum absolute atomic E-state index is 12.3. The number of likely N-dealkylation sites (tertiary alicyclic amines) is 1. The number of likely N-dealkylation sites (N-methyl/N-ethyl adjacent to an activating group) is 1. The highest BCUT2D eigenvalue weighted by Gasteiger charge is 2.33. The Labute approximate surface area is 168 Å². The number of rotatable bonds is 7. The Hall–Kier alpha value is -2.08. The number of carboxylic acids is 1. The molecule has 0 radical (unpaired) electrons. The number of benzene rings is 1. The molecule has 1 fully saturated rings. The second-order valence-electron chi connectivity index (χ2n) is 8.09. The van der Waals surface area contributed by atoms with Gasteiger partial charge in [0.15, 0.2) is 0 Å². The van der Waals surface area contributed by atoms with E-state index >= 15 is 0 Å². The molecule has 1 aliphatic heterocycles. The zero-order valence-corrected chi connectivity index (χ0v) is 17.5. The maximum Gasteiger partial charge on any atom is 0.413 e. The number of carbonyl (C=O) groups is 2. The summed E-state index contributed by atoms with van der Waals surface area (Å²) >= 11 is 0. The van der Waals surface area contributed by atoms with Gasteiger partial charge in [-0.25, -0.2) is 9.59 Å². The van der Waals surface area contributed by atoms with Gasteiger partial charge < -0.3 is 20.1 Å². The van der Waals surface area contributed by atoms with Gasteiger partial charge in [0.25, 0.3) is 0 Å². The van der Waals surface area contributed by atoms with Gasteiger partial charge in [-0.15, -0.1) is 0 Å².